The second-order valence-corrected chi connectivity index (χ2v) is 5.76. The standard InChI is InChI=1S/C13H14N4O3S/c1-15-12-5-6-16-8-11(12)13(18)17-9-3-2-4-10(7-9)21(14,19)20/h2-8H,1H3,(H,15,16)(H,17,18)(H2,14,19,20). The molecule has 4 N–H and O–H groups in total. The first-order chi connectivity index (χ1) is 9.91. The first kappa shape index (κ1) is 14.9. The summed E-state index contributed by atoms with van der Waals surface area (Å²) in [5.41, 5.74) is 1.29. The minimum atomic E-state index is -3.81. The maximum atomic E-state index is 12.2. The van der Waals surface area contributed by atoms with Crippen LogP contribution in [0.15, 0.2) is 47.6 Å². The van der Waals surface area contributed by atoms with Crippen molar-refractivity contribution in [3.8, 4) is 0 Å². The van der Waals surface area contributed by atoms with Crippen LogP contribution in [-0.4, -0.2) is 26.4 Å². The zero-order valence-corrected chi connectivity index (χ0v) is 12.0. The van der Waals surface area contributed by atoms with Crippen molar-refractivity contribution in [2.75, 3.05) is 17.7 Å². The van der Waals surface area contributed by atoms with Gasteiger partial charge in [0.2, 0.25) is 10.0 Å². The van der Waals surface area contributed by atoms with E-state index in [0.29, 0.717) is 16.9 Å². The molecule has 21 heavy (non-hydrogen) atoms. The summed E-state index contributed by atoms with van der Waals surface area (Å²) < 4.78 is 22.6. The van der Waals surface area contributed by atoms with Crippen molar-refractivity contribution in [1.82, 2.24) is 4.98 Å². The summed E-state index contributed by atoms with van der Waals surface area (Å²) in [4.78, 5) is 16.0. The van der Waals surface area contributed by atoms with Gasteiger partial charge in [-0.2, -0.15) is 0 Å². The minimum Gasteiger partial charge on any atom is -0.387 e. The lowest BCUT2D eigenvalue weighted by atomic mass is 10.2. The van der Waals surface area contributed by atoms with Gasteiger partial charge in [0.15, 0.2) is 0 Å². The summed E-state index contributed by atoms with van der Waals surface area (Å²) in [6.45, 7) is 0. The first-order valence-electron chi connectivity index (χ1n) is 5.98. The molecule has 110 valence electrons. The molecule has 1 aromatic carbocycles. The summed E-state index contributed by atoms with van der Waals surface area (Å²) in [5, 5.41) is 10.5. The van der Waals surface area contributed by atoms with Crippen LogP contribution in [0, 0.1) is 0 Å². The molecule has 0 radical (unpaired) electrons. The topological polar surface area (TPSA) is 114 Å². The van der Waals surface area contributed by atoms with E-state index in [1.165, 1.54) is 24.4 Å². The quantitative estimate of drug-likeness (QED) is 0.780. The van der Waals surface area contributed by atoms with Crippen LogP contribution in [0.3, 0.4) is 0 Å². The number of benzene rings is 1. The third-order valence-electron chi connectivity index (χ3n) is 2.76. The second kappa shape index (κ2) is 5.90. The zero-order chi connectivity index (χ0) is 15.5. The van der Waals surface area contributed by atoms with Gasteiger partial charge >= 0.3 is 0 Å². The molecule has 8 heteroatoms. The Morgan fingerprint density at radius 3 is 2.71 bits per heavy atom. The third-order valence-corrected chi connectivity index (χ3v) is 3.67. The fourth-order valence-corrected chi connectivity index (χ4v) is 2.30. The third kappa shape index (κ3) is 3.56. The van der Waals surface area contributed by atoms with E-state index in [0.717, 1.165) is 0 Å². The molecule has 0 aliphatic heterocycles. The molecule has 0 saturated carbocycles. The van der Waals surface area contributed by atoms with Crippen LogP contribution in [0.4, 0.5) is 11.4 Å². The molecule has 0 aliphatic carbocycles. The number of nitrogens with zero attached hydrogens (tertiary/aromatic N) is 1. The maximum absolute atomic E-state index is 12.2. The summed E-state index contributed by atoms with van der Waals surface area (Å²) in [6, 6.07) is 7.38. The van der Waals surface area contributed by atoms with Crippen LogP contribution < -0.4 is 15.8 Å². The molecule has 0 spiro atoms. The Balaban J connectivity index is 2.28. The Kier molecular flexibility index (Phi) is 4.20. The zero-order valence-electron chi connectivity index (χ0n) is 11.2. The summed E-state index contributed by atoms with van der Waals surface area (Å²) >= 11 is 0. The van der Waals surface area contributed by atoms with Gasteiger partial charge in [-0.3, -0.25) is 9.78 Å². The second-order valence-electron chi connectivity index (χ2n) is 4.20. The largest absolute Gasteiger partial charge is 0.387 e. The van der Waals surface area contributed by atoms with E-state index < -0.39 is 15.9 Å². The highest BCUT2D eigenvalue weighted by atomic mass is 32.2. The van der Waals surface area contributed by atoms with Gasteiger partial charge in [0, 0.05) is 30.8 Å². The fourth-order valence-electron chi connectivity index (χ4n) is 1.74. The van der Waals surface area contributed by atoms with E-state index in [2.05, 4.69) is 15.6 Å². The average molecular weight is 306 g/mol. The van der Waals surface area contributed by atoms with Crippen LogP contribution >= 0.6 is 0 Å². The van der Waals surface area contributed by atoms with Gasteiger partial charge in [-0.25, -0.2) is 13.6 Å². The molecule has 0 aliphatic rings. The van der Waals surface area contributed by atoms with Crippen molar-refractivity contribution in [3.05, 3.63) is 48.3 Å². The highest BCUT2D eigenvalue weighted by Crippen LogP contribution is 2.18. The van der Waals surface area contributed by atoms with Crippen LogP contribution in [0.5, 0.6) is 0 Å². The summed E-state index contributed by atoms with van der Waals surface area (Å²) in [7, 11) is -2.13. The van der Waals surface area contributed by atoms with Gasteiger partial charge in [-0.15, -0.1) is 0 Å². The molecule has 0 atom stereocenters. The van der Waals surface area contributed by atoms with Crippen molar-refractivity contribution in [3.63, 3.8) is 0 Å². The Bertz CT molecular complexity index is 774. The number of anilines is 2. The molecule has 0 bridgehead atoms. The number of carbonyl (C=O) groups is 1. The van der Waals surface area contributed by atoms with Crippen molar-refractivity contribution in [2.24, 2.45) is 5.14 Å². The molecule has 7 nitrogen and oxygen atoms in total. The molecule has 0 fully saturated rings. The SMILES string of the molecule is CNc1ccncc1C(=O)Nc1cccc(S(N)(=O)=O)c1. The van der Waals surface area contributed by atoms with Gasteiger partial charge in [0.25, 0.3) is 5.91 Å². The van der Waals surface area contributed by atoms with Crippen molar-refractivity contribution in [1.29, 1.82) is 0 Å². The number of pyridine rings is 1. The number of hydrogen-bond donors (Lipinski definition) is 3. The summed E-state index contributed by atoms with van der Waals surface area (Å²) in [5.74, 6) is -0.404. The molecular weight excluding hydrogens is 292 g/mol. The monoisotopic (exact) mass is 306 g/mol. The normalized spacial score (nSPS) is 11.0. The predicted octanol–water partition coefficient (Wildman–Crippen LogP) is 1.02. The molecule has 1 heterocycles. The number of nitrogens with one attached hydrogen (secondary N) is 2. The van der Waals surface area contributed by atoms with Gasteiger partial charge < -0.3 is 10.6 Å². The van der Waals surface area contributed by atoms with E-state index in [1.807, 2.05) is 0 Å². The number of hydrogen-bond acceptors (Lipinski definition) is 5. The lowest BCUT2D eigenvalue weighted by Crippen LogP contribution is -2.16. The lowest BCUT2D eigenvalue weighted by Gasteiger charge is -2.09. The Morgan fingerprint density at radius 1 is 1.29 bits per heavy atom. The van der Waals surface area contributed by atoms with Crippen LogP contribution in [0.25, 0.3) is 0 Å². The van der Waals surface area contributed by atoms with Gasteiger partial charge in [-0.1, -0.05) is 6.07 Å². The first-order valence-corrected chi connectivity index (χ1v) is 7.52. The van der Waals surface area contributed by atoms with Gasteiger partial charge in [0.1, 0.15) is 0 Å². The Labute approximate surface area is 122 Å². The number of nitrogens with two attached hydrogens (primary N) is 1. The van der Waals surface area contributed by atoms with E-state index in [9.17, 15) is 13.2 Å². The summed E-state index contributed by atoms with van der Waals surface area (Å²) in [6.07, 6.45) is 2.98. The Morgan fingerprint density at radius 2 is 2.05 bits per heavy atom. The molecule has 2 rings (SSSR count). The van der Waals surface area contributed by atoms with E-state index >= 15 is 0 Å². The van der Waals surface area contributed by atoms with Crippen LogP contribution in [0.2, 0.25) is 0 Å². The predicted molar refractivity (Wildman–Crippen MR) is 79.6 cm³/mol. The van der Waals surface area contributed by atoms with E-state index in [4.69, 9.17) is 5.14 Å². The number of aromatic nitrogens is 1. The fraction of sp³-hybridized carbons (Fsp3) is 0.0769. The highest BCUT2D eigenvalue weighted by molar-refractivity contribution is 7.89. The minimum absolute atomic E-state index is 0.0691. The van der Waals surface area contributed by atoms with Crippen LogP contribution in [-0.2, 0) is 10.0 Å². The van der Waals surface area contributed by atoms with Gasteiger partial charge in [0.05, 0.1) is 10.5 Å². The molecule has 1 amide bonds. The smallest absolute Gasteiger partial charge is 0.259 e. The number of primary sulfonamides is 1. The molecular formula is C13H14N4O3S. The molecule has 0 saturated heterocycles. The number of rotatable bonds is 4. The molecule has 1 aromatic heterocycles. The number of amides is 1. The average Bonchev–Trinajstić information content (AvgIpc) is 2.46. The maximum Gasteiger partial charge on any atom is 0.259 e. The van der Waals surface area contributed by atoms with Crippen molar-refractivity contribution in [2.45, 2.75) is 4.90 Å². The lowest BCUT2D eigenvalue weighted by molar-refractivity contribution is 0.102. The molecule has 0 unspecified atom stereocenters. The number of sulfonamides is 1. The highest BCUT2D eigenvalue weighted by Gasteiger charge is 2.13. The van der Waals surface area contributed by atoms with Gasteiger partial charge in [-0.05, 0) is 24.3 Å². The number of carbonyl (C=O) groups excluding carboxylic acids is 1. The van der Waals surface area contributed by atoms with Crippen LogP contribution in [0.1, 0.15) is 10.4 Å². The molecule has 2 aromatic rings. The Hall–Kier alpha value is -2.45. The van der Waals surface area contributed by atoms with E-state index in [1.54, 1.807) is 25.4 Å². The van der Waals surface area contributed by atoms with Crippen molar-refractivity contribution < 1.29 is 13.2 Å². The van der Waals surface area contributed by atoms with E-state index in [-0.39, 0.29) is 4.90 Å². The van der Waals surface area contributed by atoms with Crippen molar-refractivity contribution >= 4 is 27.3 Å².